The molecule has 0 amide bonds. The predicted molar refractivity (Wildman–Crippen MR) is 95.2 cm³/mol. The van der Waals surface area contributed by atoms with Gasteiger partial charge in [-0.3, -0.25) is 4.98 Å². The molecule has 0 spiro atoms. The normalized spacial score (nSPS) is 12.2. The second-order valence-corrected chi connectivity index (χ2v) is 6.44. The van der Waals surface area contributed by atoms with Gasteiger partial charge in [-0.05, 0) is 32.4 Å². The van der Waals surface area contributed by atoms with Crippen molar-refractivity contribution in [1.82, 2.24) is 9.97 Å². The summed E-state index contributed by atoms with van der Waals surface area (Å²) in [7, 11) is 0. The summed E-state index contributed by atoms with van der Waals surface area (Å²) in [4.78, 5) is 12.1. The average Bonchev–Trinajstić information content (AvgIpc) is 2.90. The van der Waals surface area contributed by atoms with Gasteiger partial charge in [-0.1, -0.05) is 37.4 Å². The molecule has 0 aliphatic carbocycles. The summed E-state index contributed by atoms with van der Waals surface area (Å²) in [6, 6.07) is 3.98. The van der Waals surface area contributed by atoms with E-state index in [1.807, 2.05) is 25.3 Å². The number of thiocarbonyl (C=S) groups is 1. The van der Waals surface area contributed by atoms with Gasteiger partial charge in [-0.15, -0.1) is 0 Å². The molecule has 0 aliphatic rings. The van der Waals surface area contributed by atoms with E-state index in [1.54, 1.807) is 17.5 Å². The average molecular weight is 319 g/mol. The van der Waals surface area contributed by atoms with Crippen LogP contribution in [0.1, 0.15) is 32.9 Å². The lowest BCUT2D eigenvalue weighted by atomic mass is 10.1. The lowest BCUT2D eigenvalue weighted by molar-refractivity contribution is 0.733. The Morgan fingerprint density at radius 3 is 2.76 bits per heavy atom. The van der Waals surface area contributed by atoms with Crippen LogP contribution in [0, 0.1) is 12.8 Å². The van der Waals surface area contributed by atoms with Gasteiger partial charge in [-0.2, -0.15) is 0 Å². The molecule has 0 aliphatic heterocycles. The first-order valence-electron chi connectivity index (χ1n) is 7.27. The third-order valence-corrected chi connectivity index (χ3v) is 5.39. The van der Waals surface area contributed by atoms with Gasteiger partial charge < -0.3 is 4.90 Å². The molecule has 0 bridgehead atoms. The number of nitrogens with zero attached hydrogens (tertiary/aromatic N) is 3. The molecule has 112 valence electrons. The number of pyridine rings is 1. The Kier molecular flexibility index (Phi) is 5.42. The van der Waals surface area contributed by atoms with Gasteiger partial charge in [0.2, 0.25) is 0 Å². The van der Waals surface area contributed by atoms with Crippen molar-refractivity contribution in [3.63, 3.8) is 0 Å². The van der Waals surface area contributed by atoms with Crippen LogP contribution < -0.4 is 4.90 Å². The van der Waals surface area contributed by atoms with Crippen molar-refractivity contribution < 1.29 is 0 Å². The zero-order valence-corrected chi connectivity index (χ0v) is 14.6. The molecule has 0 saturated carbocycles. The summed E-state index contributed by atoms with van der Waals surface area (Å²) in [5.41, 5.74) is 2.09. The molecular formula is C16H21N3S2. The van der Waals surface area contributed by atoms with Crippen LogP contribution in [0.5, 0.6) is 0 Å². The Hall–Kier alpha value is -1.33. The Morgan fingerprint density at radius 1 is 1.43 bits per heavy atom. The molecular weight excluding hydrogens is 298 g/mol. The summed E-state index contributed by atoms with van der Waals surface area (Å²) in [6.45, 7) is 9.42. The quantitative estimate of drug-likeness (QED) is 0.746. The molecule has 0 N–H and O–H groups in total. The number of thiazole rings is 1. The second kappa shape index (κ2) is 7.09. The van der Waals surface area contributed by atoms with Crippen LogP contribution in [-0.4, -0.2) is 21.5 Å². The number of hydrogen-bond acceptors (Lipinski definition) is 4. The highest BCUT2D eigenvalue weighted by Gasteiger charge is 2.20. The van der Waals surface area contributed by atoms with E-state index >= 15 is 0 Å². The first-order valence-corrected chi connectivity index (χ1v) is 8.50. The highest BCUT2D eigenvalue weighted by molar-refractivity contribution is 7.80. The standard InChI is InChI=1S/C16H21N3S2/c1-5-11(3)15(20)19(6-2)16-12(4)18-14(21-16)13-8-7-9-17-10-13/h7-11H,5-6H2,1-4H3. The number of anilines is 1. The lowest BCUT2D eigenvalue weighted by Gasteiger charge is -2.26. The molecule has 2 heterocycles. The SMILES string of the molecule is CCC(C)C(=S)N(CC)c1sc(-c2cccnc2)nc1C. The van der Waals surface area contributed by atoms with E-state index in [0.717, 1.165) is 39.2 Å². The molecule has 0 radical (unpaired) electrons. The topological polar surface area (TPSA) is 29.0 Å². The van der Waals surface area contributed by atoms with Crippen molar-refractivity contribution in [1.29, 1.82) is 0 Å². The molecule has 0 saturated heterocycles. The van der Waals surface area contributed by atoms with E-state index in [0.29, 0.717) is 5.92 Å². The van der Waals surface area contributed by atoms with Crippen LogP contribution in [0.25, 0.3) is 10.6 Å². The fourth-order valence-electron chi connectivity index (χ4n) is 2.09. The van der Waals surface area contributed by atoms with Crippen LogP contribution >= 0.6 is 23.6 Å². The molecule has 2 aromatic rings. The molecule has 1 unspecified atom stereocenters. The van der Waals surface area contributed by atoms with Crippen molar-refractivity contribution in [2.45, 2.75) is 34.1 Å². The van der Waals surface area contributed by atoms with E-state index in [4.69, 9.17) is 17.2 Å². The summed E-state index contributed by atoms with van der Waals surface area (Å²) in [5, 5.41) is 2.16. The molecule has 21 heavy (non-hydrogen) atoms. The minimum absolute atomic E-state index is 0.406. The third kappa shape index (κ3) is 3.47. The van der Waals surface area contributed by atoms with Crippen LogP contribution in [0.15, 0.2) is 24.5 Å². The second-order valence-electron chi connectivity index (χ2n) is 5.04. The predicted octanol–water partition coefficient (Wildman–Crippen LogP) is 4.71. The first kappa shape index (κ1) is 16.0. The van der Waals surface area contributed by atoms with Crippen LogP contribution in [-0.2, 0) is 0 Å². The van der Waals surface area contributed by atoms with Crippen molar-refractivity contribution >= 4 is 33.5 Å². The molecule has 0 aromatic carbocycles. The van der Waals surface area contributed by atoms with E-state index < -0.39 is 0 Å². The Balaban J connectivity index is 2.35. The third-order valence-electron chi connectivity index (χ3n) is 3.54. The first-order chi connectivity index (χ1) is 10.1. The van der Waals surface area contributed by atoms with Crippen molar-refractivity contribution in [3.05, 3.63) is 30.2 Å². The zero-order chi connectivity index (χ0) is 15.4. The van der Waals surface area contributed by atoms with Gasteiger partial charge in [0.15, 0.2) is 0 Å². The smallest absolute Gasteiger partial charge is 0.127 e. The maximum Gasteiger partial charge on any atom is 0.127 e. The van der Waals surface area contributed by atoms with Crippen molar-refractivity contribution in [3.8, 4) is 10.6 Å². The van der Waals surface area contributed by atoms with Crippen LogP contribution in [0.4, 0.5) is 5.00 Å². The highest BCUT2D eigenvalue weighted by atomic mass is 32.1. The van der Waals surface area contributed by atoms with Crippen molar-refractivity contribution in [2.75, 3.05) is 11.4 Å². The van der Waals surface area contributed by atoms with Gasteiger partial charge in [0.25, 0.3) is 0 Å². The fourth-order valence-corrected chi connectivity index (χ4v) is 3.67. The molecule has 5 heteroatoms. The molecule has 1 atom stereocenters. The van der Waals surface area contributed by atoms with E-state index in [1.165, 1.54) is 0 Å². The highest BCUT2D eigenvalue weighted by Crippen LogP contribution is 2.35. The van der Waals surface area contributed by atoms with E-state index in [2.05, 4.69) is 30.7 Å². The summed E-state index contributed by atoms with van der Waals surface area (Å²) in [5.74, 6) is 0.406. The van der Waals surface area contributed by atoms with Crippen LogP contribution in [0.3, 0.4) is 0 Å². The van der Waals surface area contributed by atoms with Gasteiger partial charge in [0.1, 0.15) is 10.0 Å². The maximum absolute atomic E-state index is 5.66. The molecule has 2 rings (SSSR count). The van der Waals surface area contributed by atoms with Gasteiger partial charge in [-0.25, -0.2) is 4.98 Å². The van der Waals surface area contributed by atoms with Gasteiger partial charge in [0, 0.05) is 30.4 Å². The summed E-state index contributed by atoms with van der Waals surface area (Å²) < 4.78 is 0. The fraction of sp³-hybridized carbons (Fsp3) is 0.438. The minimum Gasteiger partial charge on any atom is -0.326 e. The summed E-state index contributed by atoms with van der Waals surface area (Å²) in [6.07, 6.45) is 4.69. The molecule has 3 nitrogen and oxygen atoms in total. The monoisotopic (exact) mass is 319 g/mol. The minimum atomic E-state index is 0.406. The number of hydrogen-bond donors (Lipinski definition) is 0. The number of aryl methyl sites for hydroxylation is 1. The lowest BCUT2D eigenvalue weighted by Crippen LogP contribution is -2.33. The van der Waals surface area contributed by atoms with E-state index in [9.17, 15) is 0 Å². The van der Waals surface area contributed by atoms with Crippen LogP contribution in [0.2, 0.25) is 0 Å². The van der Waals surface area contributed by atoms with E-state index in [-0.39, 0.29) is 0 Å². The van der Waals surface area contributed by atoms with Gasteiger partial charge in [0.05, 0.1) is 10.7 Å². The Bertz CT molecular complexity index is 607. The van der Waals surface area contributed by atoms with Gasteiger partial charge >= 0.3 is 0 Å². The molecule has 0 fully saturated rings. The maximum atomic E-state index is 5.66. The Labute approximate surface area is 136 Å². The zero-order valence-electron chi connectivity index (χ0n) is 13.0. The number of aromatic nitrogens is 2. The largest absolute Gasteiger partial charge is 0.326 e. The van der Waals surface area contributed by atoms with Crippen molar-refractivity contribution in [2.24, 2.45) is 5.92 Å². The summed E-state index contributed by atoms with van der Waals surface area (Å²) >= 11 is 7.35. The Morgan fingerprint density at radius 2 is 2.19 bits per heavy atom. The number of rotatable bonds is 5. The molecule has 2 aromatic heterocycles.